The summed E-state index contributed by atoms with van der Waals surface area (Å²) in [6, 6.07) is 5.53. The molecule has 0 N–H and O–H groups in total. The third-order valence-corrected chi connectivity index (χ3v) is 3.08. The lowest BCUT2D eigenvalue weighted by molar-refractivity contribution is -0.137. The molecule has 0 heterocycles. The predicted octanol–water partition coefficient (Wildman–Crippen LogP) is 3.37. The van der Waals surface area contributed by atoms with E-state index in [0.717, 1.165) is 25.7 Å². The molecule has 122 valence electrons. The van der Waals surface area contributed by atoms with Crippen LogP contribution in [0.1, 0.15) is 25.7 Å². The number of unbranched alkanes of at least 4 members (excludes halogenated alkanes) is 3. The van der Waals surface area contributed by atoms with E-state index in [1.54, 1.807) is 14.2 Å². The molecule has 0 spiro atoms. The maximum absolute atomic E-state index is 10.8. The zero-order valence-electron chi connectivity index (χ0n) is 13.3. The van der Waals surface area contributed by atoms with Gasteiger partial charge in [0.1, 0.15) is 0 Å². The molecule has 1 aromatic rings. The van der Waals surface area contributed by atoms with Gasteiger partial charge in [-0.15, -0.1) is 0 Å². The number of para-hydroxylation sites is 1. The second-order valence-electron chi connectivity index (χ2n) is 4.63. The van der Waals surface area contributed by atoms with Gasteiger partial charge in [0.2, 0.25) is 5.75 Å². The summed E-state index contributed by atoms with van der Waals surface area (Å²) in [4.78, 5) is 10.8. The molecule has 1 rings (SSSR count). The molecule has 0 aliphatic heterocycles. The average molecular weight is 308 g/mol. The van der Waals surface area contributed by atoms with Crippen LogP contribution in [0, 0.1) is 0 Å². The molecule has 0 atom stereocenters. The summed E-state index contributed by atoms with van der Waals surface area (Å²) in [5, 5.41) is 0. The smallest absolute Gasteiger partial charge is 0.330 e. The van der Waals surface area contributed by atoms with Crippen LogP contribution in [0.25, 0.3) is 0 Å². The Morgan fingerprint density at radius 3 is 2.18 bits per heavy atom. The number of hydrogen-bond acceptors (Lipinski definition) is 5. The molecule has 1 aromatic carbocycles. The van der Waals surface area contributed by atoms with Crippen molar-refractivity contribution in [2.24, 2.45) is 0 Å². The van der Waals surface area contributed by atoms with Gasteiger partial charge >= 0.3 is 5.97 Å². The van der Waals surface area contributed by atoms with Crippen LogP contribution in [0.2, 0.25) is 0 Å². The summed E-state index contributed by atoms with van der Waals surface area (Å²) in [5.74, 6) is 1.59. The normalized spacial score (nSPS) is 9.91. The first-order valence-corrected chi connectivity index (χ1v) is 7.36. The Bertz CT molecular complexity index is 448. The van der Waals surface area contributed by atoms with E-state index >= 15 is 0 Å². The molecule has 0 aliphatic carbocycles. The van der Waals surface area contributed by atoms with Gasteiger partial charge in [0.25, 0.3) is 0 Å². The maximum Gasteiger partial charge on any atom is 0.330 e. The van der Waals surface area contributed by atoms with Gasteiger partial charge in [0.15, 0.2) is 11.5 Å². The Kier molecular flexibility index (Phi) is 8.57. The van der Waals surface area contributed by atoms with E-state index in [1.165, 1.54) is 6.08 Å². The first kappa shape index (κ1) is 17.9. The van der Waals surface area contributed by atoms with Crippen molar-refractivity contribution in [3.63, 3.8) is 0 Å². The molecule has 0 fully saturated rings. The molecule has 0 saturated carbocycles. The second kappa shape index (κ2) is 10.5. The molecule has 5 nitrogen and oxygen atoms in total. The molecule has 0 unspecified atom stereocenters. The highest BCUT2D eigenvalue weighted by molar-refractivity contribution is 5.81. The minimum atomic E-state index is -0.369. The van der Waals surface area contributed by atoms with Crippen LogP contribution in [0.4, 0.5) is 0 Å². The minimum absolute atomic E-state index is 0.369. The molecule has 0 amide bonds. The lowest BCUT2D eigenvalue weighted by Crippen LogP contribution is -2.03. The quantitative estimate of drug-likeness (QED) is 0.356. The van der Waals surface area contributed by atoms with E-state index in [2.05, 4.69) is 6.58 Å². The number of esters is 1. The zero-order valence-corrected chi connectivity index (χ0v) is 13.3. The van der Waals surface area contributed by atoms with E-state index in [4.69, 9.17) is 18.9 Å². The van der Waals surface area contributed by atoms with Gasteiger partial charge < -0.3 is 18.9 Å². The van der Waals surface area contributed by atoms with Crippen LogP contribution < -0.4 is 14.2 Å². The summed E-state index contributed by atoms with van der Waals surface area (Å²) in [7, 11) is 3.21. The van der Waals surface area contributed by atoms with Crippen LogP contribution in [0.5, 0.6) is 17.2 Å². The Labute approximate surface area is 131 Å². The number of carbonyl (C=O) groups excluding carboxylic acids is 1. The third-order valence-electron chi connectivity index (χ3n) is 3.08. The summed E-state index contributed by atoms with van der Waals surface area (Å²) in [6.07, 6.45) is 4.92. The van der Waals surface area contributed by atoms with Crippen LogP contribution in [0.3, 0.4) is 0 Å². The fraction of sp³-hybridized carbons (Fsp3) is 0.471. The standard InChI is InChI=1S/C17H24O5/c1-4-16(18)21-12-7-5-6-8-13-22-17-14(19-2)10-9-11-15(17)20-3/h4,9-11H,1,5-8,12-13H2,2-3H3. The van der Waals surface area contributed by atoms with Crippen LogP contribution in [0.15, 0.2) is 30.9 Å². The average Bonchev–Trinajstić information content (AvgIpc) is 2.56. The lowest BCUT2D eigenvalue weighted by atomic mass is 10.2. The molecule has 0 radical (unpaired) electrons. The fourth-order valence-corrected chi connectivity index (χ4v) is 1.92. The van der Waals surface area contributed by atoms with Crippen LogP contribution in [-0.2, 0) is 9.53 Å². The van der Waals surface area contributed by atoms with E-state index in [9.17, 15) is 4.79 Å². The number of rotatable bonds is 11. The molecule has 0 aromatic heterocycles. The van der Waals surface area contributed by atoms with Gasteiger partial charge in [-0.05, 0) is 37.8 Å². The maximum atomic E-state index is 10.8. The SMILES string of the molecule is C=CC(=O)OCCCCCCOc1c(OC)cccc1OC. The summed E-state index contributed by atoms with van der Waals surface area (Å²) in [5.41, 5.74) is 0. The second-order valence-corrected chi connectivity index (χ2v) is 4.63. The van der Waals surface area contributed by atoms with Crippen molar-refractivity contribution in [2.75, 3.05) is 27.4 Å². The minimum Gasteiger partial charge on any atom is -0.493 e. The van der Waals surface area contributed by atoms with Crippen molar-refractivity contribution < 1.29 is 23.7 Å². The highest BCUT2D eigenvalue weighted by Crippen LogP contribution is 2.36. The summed E-state index contributed by atoms with van der Waals surface area (Å²) in [6.45, 7) is 4.37. The lowest BCUT2D eigenvalue weighted by Gasteiger charge is -2.13. The fourth-order valence-electron chi connectivity index (χ4n) is 1.92. The first-order chi connectivity index (χ1) is 10.7. The molecule has 0 saturated heterocycles. The number of methoxy groups -OCH3 is 2. The number of benzene rings is 1. The zero-order chi connectivity index (χ0) is 16.2. The molecule has 0 aliphatic rings. The largest absolute Gasteiger partial charge is 0.493 e. The monoisotopic (exact) mass is 308 g/mol. The number of hydrogen-bond donors (Lipinski definition) is 0. The summed E-state index contributed by atoms with van der Waals surface area (Å²) < 4.78 is 21.2. The van der Waals surface area contributed by atoms with Crippen molar-refractivity contribution in [3.05, 3.63) is 30.9 Å². The Hall–Kier alpha value is -2.17. The van der Waals surface area contributed by atoms with Gasteiger partial charge in [-0.3, -0.25) is 0 Å². The summed E-state index contributed by atoms with van der Waals surface area (Å²) >= 11 is 0. The van der Waals surface area contributed by atoms with Gasteiger partial charge in [-0.2, -0.15) is 0 Å². The predicted molar refractivity (Wildman–Crippen MR) is 84.7 cm³/mol. The highest BCUT2D eigenvalue weighted by atomic mass is 16.5. The van der Waals surface area contributed by atoms with Crippen molar-refractivity contribution in [3.8, 4) is 17.2 Å². The van der Waals surface area contributed by atoms with Gasteiger partial charge in [0, 0.05) is 6.08 Å². The Morgan fingerprint density at radius 1 is 1.05 bits per heavy atom. The van der Waals surface area contributed by atoms with Crippen molar-refractivity contribution >= 4 is 5.97 Å². The number of ether oxygens (including phenoxy) is 4. The van der Waals surface area contributed by atoms with Crippen LogP contribution in [-0.4, -0.2) is 33.4 Å². The van der Waals surface area contributed by atoms with Crippen molar-refractivity contribution in [2.45, 2.75) is 25.7 Å². The van der Waals surface area contributed by atoms with Gasteiger partial charge in [-0.1, -0.05) is 12.6 Å². The van der Waals surface area contributed by atoms with Crippen molar-refractivity contribution in [1.29, 1.82) is 0 Å². The molecular formula is C17H24O5. The Morgan fingerprint density at radius 2 is 1.64 bits per heavy atom. The van der Waals surface area contributed by atoms with E-state index in [1.807, 2.05) is 18.2 Å². The molecule has 22 heavy (non-hydrogen) atoms. The first-order valence-electron chi connectivity index (χ1n) is 7.36. The van der Waals surface area contributed by atoms with Crippen LogP contribution >= 0.6 is 0 Å². The topological polar surface area (TPSA) is 54.0 Å². The van der Waals surface area contributed by atoms with Gasteiger partial charge in [0.05, 0.1) is 27.4 Å². The number of carbonyl (C=O) groups is 1. The molecular weight excluding hydrogens is 284 g/mol. The highest BCUT2D eigenvalue weighted by Gasteiger charge is 2.10. The van der Waals surface area contributed by atoms with E-state index in [-0.39, 0.29) is 5.97 Å². The molecule has 0 bridgehead atoms. The Balaban J connectivity index is 2.22. The van der Waals surface area contributed by atoms with E-state index < -0.39 is 0 Å². The van der Waals surface area contributed by atoms with Crippen molar-refractivity contribution in [1.82, 2.24) is 0 Å². The van der Waals surface area contributed by atoms with E-state index in [0.29, 0.717) is 30.5 Å². The molecule has 5 heteroatoms. The third kappa shape index (κ3) is 6.08. The van der Waals surface area contributed by atoms with Gasteiger partial charge in [-0.25, -0.2) is 4.79 Å².